The number of carbonyl (C=O) groups is 2. The number of hydrogen-bond donors (Lipinski definition) is 1. The molecule has 0 bridgehead atoms. The van der Waals surface area contributed by atoms with Crippen LogP contribution in [0.2, 0.25) is 10.0 Å². The van der Waals surface area contributed by atoms with Crippen LogP contribution in [0.3, 0.4) is 0 Å². The van der Waals surface area contributed by atoms with Gasteiger partial charge in [0.05, 0.1) is 11.9 Å². The van der Waals surface area contributed by atoms with Crippen molar-refractivity contribution in [3.05, 3.63) is 63.6 Å². The largest absolute Gasteiger partial charge is 0.355 e. The maximum Gasteiger partial charge on any atom is 0.244 e. The third-order valence-corrected chi connectivity index (χ3v) is 6.65. The molecule has 0 saturated heterocycles. The van der Waals surface area contributed by atoms with Crippen LogP contribution >= 0.6 is 23.2 Å². The number of rotatable bonds is 9. The fraction of sp³-hybridized carbons (Fsp3) is 0.364. The maximum atomic E-state index is 13.4. The molecule has 0 heterocycles. The number of anilines is 1. The van der Waals surface area contributed by atoms with Crippen molar-refractivity contribution < 1.29 is 18.0 Å². The Bertz CT molecular complexity index is 1090. The van der Waals surface area contributed by atoms with E-state index in [0.717, 1.165) is 10.6 Å². The van der Waals surface area contributed by atoms with Crippen molar-refractivity contribution in [2.24, 2.45) is 0 Å². The van der Waals surface area contributed by atoms with Crippen LogP contribution < -0.4 is 9.62 Å². The van der Waals surface area contributed by atoms with Gasteiger partial charge in [-0.3, -0.25) is 13.9 Å². The molecule has 1 atom stereocenters. The predicted molar refractivity (Wildman–Crippen MR) is 129 cm³/mol. The Hall–Kier alpha value is -2.29. The number of amides is 2. The third kappa shape index (κ3) is 6.60. The van der Waals surface area contributed by atoms with Crippen molar-refractivity contribution in [2.45, 2.75) is 33.4 Å². The zero-order valence-electron chi connectivity index (χ0n) is 18.4. The molecule has 0 aliphatic heterocycles. The van der Waals surface area contributed by atoms with E-state index in [9.17, 15) is 18.0 Å². The average Bonchev–Trinajstić information content (AvgIpc) is 2.70. The molecule has 1 unspecified atom stereocenters. The van der Waals surface area contributed by atoms with E-state index in [4.69, 9.17) is 23.2 Å². The summed E-state index contributed by atoms with van der Waals surface area (Å²) >= 11 is 12.3. The molecule has 1 N–H and O–H groups in total. The maximum absolute atomic E-state index is 13.4. The molecule has 32 heavy (non-hydrogen) atoms. The Balaban J connectivity index is 2.43. The van der Waals surface area contributed by atoms with Crippen LogP contribution in [0.5, 0.6) is 0 Å². The average molecular weight is 500 g/mol. The van der Waals surface area contributed by atoms with Gasteiger partial charge in [-0.15, -0.1) is 0 Å². The molecule has 0 fully saturated rings. The van der Waals surface area contributed by atoms with Gasteiger partial charge in [0.25, 0.3) is 0 Å². The lowest BCUT2D eigenvalue weighted by molar-refractivity contribution is -0.139. The molecule has 7 nitrogen and oxygen atoms in total. The van der Waals surface area contributed by atoms with E-state index in [1.54, 1.807) is 63.2 Å². The fourth-order valence-corrected chi connectivity index (χ4v) is 4.54. The monoisotopic (exact) mass is 499 g/mol. The SMILES string of the molecule is CCNC(=O)C(C)N(Cc1ccccc1Cl)C(=O)CN(c1ccc(Cl)cc1C)S(C)(=O)=O. The Morgan fingerprint density at radius 2 is 1.78 bits per heavy atom. The number of carbonyl (C=O) groups excluding carboxylic acids is 2. The fourth-order valence-electron chi connectivity index (χ4n) is 3.21. The number of sulfonamides is 1. The highest BCUT2D eigenvalue weighted by Gasteiger charge is 2.30. The molecular formula is C22H27Cl2N3O4S. The first-order valence-corrected chi connectivity index (χ1v) is 12.6. The van der Waals surface area contributed by atoms with Gasteiger partial charge in [-0.05, 0) is 56.2 Å². The lowest BCUT2D eigenvalue weighted by Gasteiger charge is -2.32. The van der Waals surface area contributed by atoms with Gasteiger partial charge in [0.15, 0.2) is 0 Å². The molecule has 2 rings (SSSR count). The van der Waals surface area contributed by atoms with E-state index in [0.29, 0.717) is 33.4 Å². The van der Waals surface area contributed by atoms with E-state index >= 15 is 0 Å². The third-order valence-electron chi connectivity index (χ3n) is 4.92. The van der Waals surface area contributed by atoms with E-state index in [2.05, 4.69) is 5.32 Å². The molecule has 0 aromatic heterocycles. The predicted octanol–water partition coefficient (Wildman–Crippen LogP) is 3.62. The molecule has 0 aliphatic carbocycles. The van der Waals surface area contributed by atoms with Crippen molar-refractivity contribution in [3.63, 3.8) is 0 Å². The van der Waals surface area contributed by atoms with Gasteiger partial charge < -0.3 is 10.2 Å². The summed E-state index contributed by atoms with van der Waals surface area (Å²) in [7, 11) is -3.80. The van der Waals surface area contributed by atoms with Gasteiger partial charge in [-0.2, -0.15) is 0 Å². The highest BCUT2D eigenvalue weighted by atomic mass is 35.5. The van der Waals surface area contributed by atoms with Gasteiger partial charge in [0.2, 0.25) is 21.8 Å². The second kappa shape index (κ2) is 11.0. The molecular weight excluding hydrogens is 473 g/mol. The normalized spacial score (nSPS) is 12.2. The van der Waals surface area contributed by atoms with Crippen LogP contribution in [-0.4, -0.2) is 50.5 Å². The molecule has 0 spiro atoms. The summed E-state index contributed by atoms with van der Waals surface area (Å²) in [6.07, 6.45) is 1.03. The summed E-state index contributed by atoms with van der Waals surface area (Å²) in [6, 6.07) is 10.9. The Morgan fingerprint density at radius 1 is 1.12 bits per heavy atom. The van der Waals surface area contributed by atoms with Crippen molar-refractivity contribution in [2.75, 3.05) is 23.7 Å². The second-order valence-electron chi connectivity index (χ2n) is 7.38. The van der Waals surface area contributed by atoms with Gasteiger partial charge in [0, 0.05) is 23.1 Å². The van der Waals surface area contributed by atoms with Crippen LogP contribution in [0.4, 0.5) is 5.69 Å². The van der Waals surface area contributed by atoms with Gasteiger partial charge in [-0.25, -0.2) is 8.42 Å². The van der Waals surface area contributed by atoms with Crippen LogP contribution in [0.15, 0.2) is 42.5 Å². The first-order chi connectivity index (χ1) is 15.0. The lowest BCUT2D eigenvalue weighted by atomic mass is 10.1. The highest BCUT2D eigenvalue weighted by molar-refractivity contribution is 7.92. The van der Waals surface area contributed by atoms with E-state index in [1.807, 2.05) is 0 Å². The summed E-state index contributed by atoms with van der Waals surface area (Å²) in [6.45, 7) is 5.06. The zero-order chi connectivity index (χ0) is 24.1. The van der Waals surface area contributed by atoms with Gasteiger partial charge in [0.1, 0.15) is 12.6 Å². The second-order valence-corrected chi connectivity index (χ2v) is 10.1. The number of likely N-dealkylation sites (N-methyl/N-ethyl adjacent to an activating group) is 1. The lowest BCUT2D eigenvalue weighted by Crippen LogP contribution is -2.51. The minimum Gasteiger partial charge on any atom is -0.355 e. The van der Waals surface area contributed by atoms with Crippen molar-refractivity contribution >= 4 is 50.7 Å². The highest BCUT2D eigenvalue weighted by Crippen LogP contribution is 2.26. The summed E-state index contributed by atoms with van der Waals surface area (Å²) in [5, 5.41) is 3.60. The first kappa shape index (κ1) is 26.0. The molecule has 2 aromatic rings. The van der Waals surface area contributed by atoms with Crippen LogP contribution in [-0.2, 0) is 26.2 Å². The van der Waals surface area contributed by atoms with E-state index in [1.165, 1.54) is 4.90 Å². The molecule has 2 aromatic carbocycles. The number of aryl methyl sites for hydroxylation is 1. The minimum atomic E-state index is -3.80. The van der Waals surface area contributed by atoms with Gasteiger partial charge in [-0.1, -0.05) is 41.4 Å². The number of hydrogen-bond acceptors (Lipinski definition) is 4. The summed E-state index contributed by atoms with van der Waals surface area (Å²) < 4.78 is 26.2. The topological polar surface area (TPSA) is 86.8 Å². The zero-order valence-corrected chi connectivity index (χ0v) is 20.8. The van der Waals surface area contributed by atoms with Crippen molar-refractivity contribution in [1.29, 1.82) is 0 Å². The van der Waals surface area contributed by atoms with Gasteiger partial charge >= 0.3 is 0 Å². The molecule has 10 heteroatoms. The number of benzene rings is 2. The van der Waals surface area contributed by atoms with Crippen LogP contribution in [0.25, 0.3) is 0 Å². The quantitative estimate of drug-likeness (QED) is 0.570. The van der Waals surface area contributed by atoms with Crippen LogP contribution in [0.1, 0.15) is 25.0 Å². The number of nitrogens with one attached hydrogen (secondary N) is 1. The molecule has 2 amide bonds. The minimum absolute atomic E-state index is 0.0496. The molecule has 0 aliphatic rings. The standard InChI is InChI=1S/C22H27Cl2N3O4S/c1-5-25-22(29)16(3)26(13-17-8-6-7-9-19(17)24)21(28)14-27(32(4,30)31)20-11-10-18(23)12-15(20)2/h6-12,16H,5,13-14H2,1-4H3,(H,25,29). The summed E-state index contributed by atoms with van der Waals surface area (Å²) in [5.74, 6) is -0.884. The Kier molecular flexibility index (Phi) is 8.95. The van der Waals surface area contributed by atoms with E-state index < -0.39 is 28.5 Å². The molecule has 0 saturated carbocycles. The number of halogens is 2. The Morgan fingerprint density at radius 3 is 2.34 bits per heavy atom. The van der Waals surface area contributed by atoms with Crippen LogP contribution in [0, 0.1) is 6.92 Å². The first-order valence-electron chi connectivity index (χ1n) is 10.00. The molecule has 174 valence electrons. The van der Waals surface area contributed by atoms with Crippen molar-refractivity contribution in [3.8, 4) is 0 Å². The number of nitrogens with zero attached hydrogens (tertiary/aromatic N) is 2. The summed E-state index contributed by atoms with van der Waals surface area (Å²) in [5.41, 5.74) is 1.59. The smallest absolute Gasteiger partial charge is 0.244 e. The Labute approximate surface area is 199 Å². The van der Waals surface area contributed by atoms with E-state index in [-0.39, 0.29) is 12.5 Å². The van der Waals surface area contributed by atoms with Crippen molar-refractivity contribution in [1.82, 2.24) is 10.2 Å². The molecule has 0 radical (unpaired) electrons. The summed E-state index contributed by atoms with van der Waals surface area (Å²) in [4.78, 5) is 27.2.